The number of likely N-dealkylation sites (tertiary alicyclic amines) is 1. The Kier molecular flexibility index (Phi) is 2.96. The molecule has 0 aliphatic carbocycles. The van der Waals surface area contributed by atoms with Gasteiger partial charge in [-0.15, -0.1) is 0 Å². The molecule has 0 amide bonds. The molecule has 0 N–H and O–H groups in total. The van der Waals surface area contributed by atoms with E-state index in [9.17, 15) is 0 Å². The van der Waals surface area contributed by atoms with Crippen LogP contribution in [0.2, 0.25) is 10.2 Å². The van der Waals surface area contributed by atoms with Gasteiger partial charge in [-0.1, -0.05) is 23.2 Å². The fraction of sp³-hybridized carbons (Fsp3) is 0.500. The first-order chi connectivity index (χ1) is 6.68. The van der Waals surface area contributed by atoms with Crippen molar-refractivity contribution in [3.05, 3.63) is 28.0 Å². The molecule has 0 spiro atoms. The monoisotopic (exact) mass is 230 g/mol. The fourth-order valence-electron chi connectivity index (χ4n) is 1.97. The van der Waals surface area contributed by atoms with E-state index in [2.05, 4.69) is 16.9 Å². The van der Waals surface area contributed by atoms with Crippen LogP contribution in [0.25, 0.3) is 0 Å². The molecule has 1 atom stereocenters. The molecule has 0 radical (unpaired) electrons. The second-order valence-electron chi connectivity index (χ2n) is 3.67. The zero-order valence-corrected chi connectivity index (χ0v) is 9.52. The van der Waals surface area contributed by atoms with Gasteiger partial charge in [-0.3, -0.25) is 4.90 Å². The molecular formula is C10H12Cl2N2. The Balaban J connectivity index is 2.31. The van der Waals surface area contributed by atoms with Crippen molar-refractivity contribution in [1.29, 1.82) is 0 Å². The van der Waals surface area contributed by atoms with Crippen LogP contribution in [0, 0.1) is 0 Å². The van der Waals surface area contributed by atoms with Gasteiger partial charge in [-0.25, -0.2) is 4.98 Å². The van der Waals surface area contributed by atoms with Gasteiger partial charge in [0.2, 0.25) is 0 Å². The van der Waals surface area contributed by atoms with E-state index in [1.807, 2.05) is 0 Å². The van der Waals surface area contributed by atoms with E-state index in [1.54, 1.807) is 12.3 Å². The summed E-state index contributed by atoms with van der Waals surface area (Å²) in [5, 5.41) is 1.18. The predicted molar refractivity (Wildman–Crippen MR) is 58.9 cm³/mol. The molecule has 1 aromatic rings. The summed E-state index contributed by atoms with van der Waals surface area (Å²) in [5.41, 5.74) is 1.09. The number of aromatic nitrogens is 1. The molecule has 76 valence electrons. The average Bonchev–Trinajstić information content (AvgIpc) is 2.52. The summed E-state index contributed by atoms with van der Waals surface area (Å²) in [4.78, 5) is 6.38. The molecule has 2 rings (SSSR count). The molecule has 0 saturated carbocycles. The zero-order valence-electron chi connectivity index (χ0n) is 8.00. The van der Waals surface area contributed by atoms with Gasteiger partial charge in [-0.05, 0) is 32.5 Å². The van der Waals surface area contributed by atoms with Gasteiger partial charge in [0.1, 0.15) is 5.15 Å². The van der Waals surface area contributed by atoms with E-state index < -0.39 is 0 Å². The minimum absolute atomic E-state index is 0.410. The maximum Gasteiger partial charge on any atom is 0.130 e. The van der Waals surface area contributed by atoms with Crippen LogP contribution in [0.1, 0.15) is 24.4 Å². The minimum atomic E-state index is 0.410. The zero-order chi connectivity index (χ0) is 10.1. The Bertz CT molecular complexity index is 341. The van der Waals surface area contributed by atoms with Crippen molar-refractivity contribution in [3.8, 4) is 0 Å². The van der Waals surface area contributed by atoms with Gasteiger partial charge >= 0.3 is 0 Å². The molecule has 1 saturated heterocycles. The van der Waals surface area contributed by atoms with Crippen molar-refractivity contribution >= 4 is 23.2 Å². The number of halogens is 2. The lowest BCUT2D eigenvalue weighted by atomic mass is 10.1. The average molecular weight is 231 g/mol. The highest BCUT2D eigenvalue weighted by Gasteiger charge is 2.24. The second kappa shape index (κ2) is 4.05. The van der Waals surface area contributed by atoms with Crippen LogP contribution >= 0.6 is 23.2 Å². The number of nitrogens with zero attached hydrogens (tertiary/aromatic N) is 2. The highest BCUT2D eigenvalue weighted by Crippen LogP contribution is 2.34. The number of hydrogen-bond acceptors (Lipinski definition) is 2. The molecule has 0 aromatic carbocycles. The van der Waals surface area contributed by atoms with Crippen molar-refractivity contribution in [2.75, 3.05) is 13.6 Å². The summed E-state index contributed by atoms with van der Waals surface area (Å²) >= 11 is 11.9. The molecule has 4 heteroatoms. The van der Waals surface area contributed by atoms with E-state index in [-0.39, 0.29) is 0 Å². The first kappa shape index (κ1) is 10.2. The molecular weight excluding hydrogens is 219 g/mol. The first-order valence-corrected chi connectivity index (χ1v) is 5.45. The SMILES string of the molecule is CN1CCC[C@H]1c1cnc(Cl)cc1Cl. The maximum absolute atomic E-state index is 6.12. The first-order valence-electron chi connectivity index (χ1n) is 4.69. The van der Waals surface area contributed by atoms with Crippen molar-refractivity contribution in [2.24, 2.45) is 0 Å². The van der Waals surface area contributed by atoms with Crippen LogP contribution in [0.15, 0.2) is 12.3 Å². The summed E-state index contributed by atoms with van der Waals surface area (Å²) in [7, 11) is 2.11. The van der Waals surface area contributed by atoms with Crippen molar-refractivity contribution in [2.45, 2.75) is 18.9 Å². The number of hydrogen-bond donors (Lipinski definition) is 0. The summed E-state index contributed by atoms with van der Waals surface area (Å²) < 4.78 is 0. The van der Waals surface area contributed by atoms with Gasteiger partial charge in [0.25, 0.3) is 0 Å². The lowest BCUT2D eigenvalue weighted by Gasteiger charge is -2.20. The Morgan fingerprint density at radius 1 is 1.50 bits per heavy atom. The summed E-state index contributed by atoms with van der Waals surface area (Å²) in [6.45, 7) is 1.13. The van der Waals surface area contributed by atoms with Crippen molar-refractivity contribution in [3.63, 3.8) is 0 Å². The molecule has 2 heterocycles. The van der Waals surface area contributed by atoms with Gasteiger partial charge < -0.3 is 0 Å². The van der Waals surface area contributed by atoms with E-state index in [0.29, 0.717) is 11.2 Å². The molecule has 14 heavy (non-hydrogen) atoms. The molecule has 1 aromatic heterocycles. The summed E-state index contributed by atoms with van der Waals surface area (Å²) in [6.07, 6.45) is 4.16. The van der Waals surface area contributed by atoms with Crippen LogP contribution in [0.5, 0.6) is 0 Å². The normalized spacial score (nSPS) is 22.9. The lowest BCUT2D eigenvalue weighted by Crippen LogP contribution is -2.17. The molecule has 1 fully saturated rings. The highest BCUT2D eigenvalue weighted by atomic mass is 35.5. The smallest absolute Gasteiger partial charge is 0.130 e. The molecule has 1 aliphatic rings. The highest BCUT2D eigenvalue weighted by molar-refractivity contribution is 6.34. The van der Waals surface area contributed by atoms with E-state index in [4.69, 9.17) is 23.2 Å². The van der Waals surface area contributed by atoms with Gasteiger partial charge in [0, 0.05) is 22.8 Å². The lowest BCUT2D eigenvalue weighted by molar-refractivity contribution is 0.317. The van der Waals surface area contributed by atoms with E-state index in [1.165, 1.54) is 6.42 Å². The second-order valence-corrected chi connectivity index (χ2v) is 4.46. The topological polar surface area (TPSA) is 16.1 Å². The van der Waals surface area contributed by atoms with Crippen LogP contribution in [-0.4, -0.2) is 23.5 Å². The third kappa shape index (κ3) is 1.88. The Labute approximate surface area is 93.8 Å². The van der Waals surface area contributed by atoms with E-state index >= 15 is 0 Å². The van der Waals surface area contributed by atoms with Crippen molar-refractivity contribution < 1.29 is 0 Å². The standard InChI is InChI=1S/C10H12Cl2N2/c1-14-4-2-3-9(14)7-6-13-10(12)5-8(7)11/h5-6,9H,2-4H2,1H3/t9-/m0/s1. The molecule has 2 nitrogen and oxygen atoms in total. The third-order valence-electron chi connectivity index (χ3n) is 2.73. The number of rotatable bonds is 1. The fourth-order valence-corrected chi connectivity index (χ4v) is 2.46. The quantitative estimate of drug-likeness (QED) is 0.690. The Hall–Kier alpha value is -0.310. The third-order valence-corrected chi connectivity index (χ3v) is 3.26. The van der Waals surface area contributed by atoms with Crippen molar-refractivity contribution in [1.82, 2.24) is 9.88 Å². The van der Waals surface area contributed by atoms with Gasteiger partial charge in [0.05, 0.1) is 0 Å². The predicted octanol–water partition coefficient (Wildman–Crippen LogP) is 3.16. The summed E-state index contributed by atoms with van der Waals surface area (Å²) in [5.74, 6) is 0. The van der Waals surface area contributed by atoms with Crippen LogP contribution < -0.4 is 0 Å². The largest absolute Gasteiger partial charge is 0.299 e. The molecule has 0 bridgehead atoms. The maximum atomic E-state index is 6.12. The summed E-state index contributed by atoms with van der Waals surface area (Å²) in [6, 6.07) is 2.12. The Morgan fingerprint density at radius 3 is 2.86 bits per heavy atom. The van der Waals surface area contributed by atoms with Gasteiger partial charge in [0.15, 0.2) is 0 Å². The minimum Gasteiger partial charge on any atom is -0.299 e. The number of pyridine rings is 1. The molecule has 1 aliphatic heterocycles. The van der Waals surface area contributed by atoms with Gasteiger partial charge in [-0.2, -0.15) is 0 Å². The Morgan fingerprint density at radius 2 is 2.29 bits per heavy atom. The van der Waals surface area contributed by atoms with Crippen LogP contribution in [-0.2, 0) is 0 Å². The molecule has 0 unspecified atom stereocenters. The van der Waals surface area contributed by atoms with Crippen LogP contribution in [0.3, 0.4) is 0 Å². The van der Waals surface area contributed by atoms with Crippen LogP contribution in [0.4, 0.5) is 0 Å². The van der Waals surface area contributed by atoms with E-state index in [0.717, 1.165) is 23.6 Å².